The number of fused-ring (bicyclic) bond motifs is 1. The smallest absolute Gasteiger partial charge is 0.222 e. The quantitative estimate of drug-likeness (QED) is 0.841. The molecule has 5 nitrogen and oxygen atoms in total. The van der Waals surface area contributed by atoms with E-state index >= 15 is 0 Å². The van der Waals surface area contributed by atoms with Gasteiger partial charge in [0.25, 0.3) is 0 Å². The van der Waals surface area contributed by atoms with Gasteiger partial charge < -0.3 is 9.80 Å². The Kier molecular flexibility index (Phi) is 5.06. The van der Waals surface area contributed by atoms with E-state index in [4.69, 9.17) is 5.26 Å². The van der Waals surface area contributed by atoms with Crippen molar-refractivity contribution in [3.05, 3.63) is 59.8 Å². The van der Waals surface area contributed by atoms with Crippen molar-refractivity contribution in [3.63, 3.8) is 0 Å². The topological polar surface area (TPSA) is 60.2 Å². The van der Waals surface area contributed by atoms with Crippen molar-refractivity contribution in [3.8, 4) is 6.07 Å². The number of hydrogen-bond acceptors (Lipinski definition) is 4. The molecule has 2 fully saturated rings. The zero-order valence-electron chi connectivity index (χ0n) is 15.4. The van der Waals surface area contributed by atoms with Crippen LogP contribution in [0.5, 0.6) is 0 Å². The summed E-state index contributed by atoms with van der Waals surface area (Å²) in [5.41, 5.74) is 1.92. The Labute approximate surface area is 160 Å². The molecular weight excluding hydrogens is 336 g/mol. The van der Waals surface area contributed by atoms with E-state index in [0.29, 0.717) is 29.9 Å². The lowest BCUT2D eigenvalue weighted by atomic mass is 9.83. The van der Waals surface area contributed by atoms with Gasteiger partial charge >= 0.3 is 0 Å². The third-order valence-corrected chi connectivity index (χ3v) is 5.83. The van der Waals surface area contributed by atoms with Gasteiger partial charge in [0.2, 0.25) is 5.91 Å². The van der Waals surface area contributed by atoms with Crippen molar-refractivity contribution in [2.75, 3.05) is 24.5 Å². The first-order valence-corrected chi connectivity index (χ1v) is 9.69. The third kappa shape index (κ3) is 3.80. The Morgan fingerprint density at radius 3 is 2.85 bits per heavy atom. The largest absolute Gasteiger partial charge is 0.356 e. The number of nitrogens with zero attached hydrogens (tertiary/aromatic N) is 4. The first-order valence-electron chi connectivity index (χ1n) is 9.69. The highest BCUT2D eigenvalue weighted by Crippen LogP contribution is 2.33. The van der Waals surface area contributed by atoms with Crippen LogP contribution in [0.4, 0.5) is 5.82 Å². The van der Waals surface area contributed by atoms with Crippen LogP contribution < -0.4 is 4.90 Å². The molecule has 138 valence electrons. The van der Waals surface area contributed by atoms with E-state index in [9.17, 15) is 4.79 Å². The summed E-state index contributed by atoms with van der Waals surface area (Å²) in [5, 5.41) is 9.12. The van der Waals surface area contributed by atoms with Gasteiger partial charge in [0, 0.05) is 38.3 Å². The number of benzene rings is 1. The minimum Gasteiger partial charge on any atom is -0.356 e. The molecule has 0 radical (unpaired) electrons. The van der Waals surface area contributed by atoms with Crippen LogP contribution in [-0.4, -0.2) is 41.5 Å². The van der Waals surface area contributed by atoms with Crippen molar-refractivity contribution >= 4 is 11.7 Å². The number of rotatable bonds is 4. The van der Waals surface area contributed by atoms with Gasteiger partial charge in [-0.3, -0.25) is 4.79 Å². The minimum atomic E-state index is 0.297. The van der Waals surface area contributed by atoms with Gasteiger partial charge in [-0.1, -0.05) is 30.3 Å². The van der Waals surface area contributed by atoms with Gasteiger partial charge in [0.05, 0.1) is 11.6 Å². The number of nitriles is 1. The van der Waals surface area contributed by atoms with E-state index in [1.165, 1.54) is 5.56 Å². The van der Waals surface area contributed by atoms with Crippen molar-refractivity contribution in [2.45, 2.75) is 31.7 Å². The molecule has 2 atom stereocenters. The molecule has 0 N–H and O–H groups in total. The van der Waals surface area contributed by atoms with E-state index in [1.54, 1.807) is 12.3 Å². The molecule has 2 aromatic rings. The molecule has 1 aromatic heterocycles. The average Bonchev–Trinajstić information content (AvgIpc) is 2.73. The summed E-state index contributed by atoms with van der Waals surface area (Å²) >= 11 is 0. The molecule has 2 aliphatic heterocycles. The molecule has 1 aromatic carbocycles. The molecule has 0 unspecified atom stereocenters. The number of amides is 1. The molecule has 2 aliphatic rings. The predicted octanol–water partition coefficient (Wildman–Crippen LogP) is 3.01. The number of likely N-dealkylation sites (tertiary alicyclic amines) is 1. The molecule has 4 rings (SSSR count). The predicted molar refractivity (Wildman–Crippen MR) is 104 cm³/mol. The van der Waals surface area contributed by atoms with Crippen molar-refractivity contribution in [2.24, 2.45) is 5.92 Å². The van der Waals surface area contributed by atoms with Crippen molar-refractivity contribution < 1.29 is 4.79 Å². The van der Waals surface area contributed by atoms with Crippen LogP contribution in [-0.2, 0) is 11.2 Å². The van der Waals surface area contributed by atoms with Gasteiger partial charge in [-0.2, -0.15) is 5.26 Å². The monoisotopic (exact) mass is 360 g/mol. The van der Waals surface area contributed by atoms with E-state index in [2.05, 4.69) is 45.1 Å². The normalized spacial score (nSPS) is 22.3. The summed E-state index contributed by atoms with van der Waals surface area (Å²) in [5.74, 6) is 1.64. The molecule has 0 bridgehead atoms. The Morgan fingerprint density at radius 1 is 1.19 bits per heavy atom. The minimum absolute atomic E-state index is 0.297. The molecule has 3 heterocycles. The second-order valence-corrected chi connectivity index (χ2v) is 7.44. The van der Waals surface area contributed by atoms with E-state index < -0.39 is 0 Å². The summed E-state index contributed by atoms with van der Waals surface area (Å²) in [6.45, 7) is 2.58. The lowest BCUT2D eigenvalue weighted by Gasteiger charge is -2.47. The summed E-state index contributed by atoms with van der Waals surface area (Å²) in [6, 6.07) is 16.5. The number of piperidine rings is 2. The number of aromatic nitrogens is 1. The Hall–Kier alpha value is -2.87. The van der Waals surface area contributed by atoms with Gasteiger partial charge in [-0.15, -0.1) is 0 Å². The fourth-order valence-corrected chi connectivity index (χ4v) is 4.40. The van der Waals surface area contributed by atoms with Crippen LogP contribution in [0.1, 0.15) is 30.4 Å². The lowest BCUT2D eigenvalue weighted by Crippen LogP contribution is -2.56. The van der Waals surface area contributed by atoms with Gasteiger partial charge in [-0.05, 0) is 42.9 Å². The number of pyridine rings is 1. The van der Waals surface area contributed by atoms with Crippen LogP contribution >= 0.6 is 0 Å². The van der Waals surface area contributed by atoms with E-state index in [1.807, 2.05) is 12.1 Å². The van der Waals surface area contributed by atoms with E-state index in [0.717, 1.165) is 44.7 Å². The molecule has 5 heteroatoms. The zero-order valence-corrected chi connectivity index (χ0v) is 15.4. The van der Waals surface area contributed by atoms with Crippen molar-refractivity contribution in [1.82, 2.24) is 9.88 Å². The Morgan fingerprint density at radius 2 is 2.04 bits per heavy atom. The fraction of sp³-hybridized carbons (Fsp3) is 0.409. The lowest BCUT2D eigenvalue weighted by molar-refractivity contribution is -0.139. The first kappa shape index (κ1) is 17.5. The standard InChI is InChI=1S/C22H24N4O/c23-15-18-8-11-24-21(14-18)25-12-10-20-19(16-25)6-7-22(27)26(20)13-9-17-4-2-1-3-5-17/h1-5,8,11,14,19-20H,6-7,9-10,12-13,16H2/t19-,20+/m1/s1. The van der Waals surface area contributed by atoms with Gasteiger partial charge in [0.1, 0.15) is 5.82 Å². The average molecular weight is 360 g/mol. The molecular formula is C22H24N4O. The summed E-state index contributed by atoms with van der Waals surface area (Å²) in [4.78, 5) is 21.4. The molecule has 1 amide bonds. The molecule has 27 heavy (non-hydrogen) atoms. The maximum absolute atomic E-state index is 12.6. The summed E-state index contributed by atoms with van der Waals surface area (Å²) in [7, 11) is 0. The number of carbonyl (C=O) groups excluding carboxylic acids is 1. The maximum Gasteiger partial charge on any atom is 0.222 e. The fourth-order valence-electron chi connectivity index (χ4n) is 4.40. The number of carbonyl (C=O) groups is 1. The zero-order chi connectivity index (χ0) is 18.6. The van der Waals surface area contributed by atoms with Gasteiger partial charge in [0.15, 0.2) is 0 Å². The second-order valence-electron chi connectivity index (χ2n) is 7.44. The Bertz CT molecular complexity index is 845. The molecule has 2 saturated heterocycles. The van der Waals surface area contributed by atoms with Crippen LogP contribution in [0.25, 0.3) is 0 Å². The van der Waals surface area contributed by atoms with Crippen LogP contribution in [0.3, 0.4) is 0 Å². The number of hydrogen-bond donors (Lipinski definition) is 0. The van der Waals surface area contributed by atoms with Crippen LogP contribution in [0.2, 0.25) is 0 Å². The van der Waals surface area contributed by atoms with Gasteiger partial charge in [-0.25, -0.2) is 4.98 Å². The molecule has 0 aliphatic carbocycles. The highest BCUT2D eigenvalue weighted by molar-refractivity contribution is 5.77. The molecule has 0 spiro atoms. The number of anilines is 1. The summed E-state index contributed by atoms with van der Waals surface area (Å²) < 4.78 is 0. The SMILES string of the molecule is N#Cc1ccnc(N2CC[C@H]3[C@H](CCC(=O)N3CCc3ccccc3)C2)c1. The molecule has 0 saturated carbocycles. The van der Waals surface area contributed by atoms with Crippen molar-refractivity contribution in [1.29, 1.82) is 5.26 Å². The second kappa shape index (κ2) is 7.79. The van der Waals surface area contributed by atoms with Crippen LogP contribution in [0, 0.1) is 17.2 Å². The maximum atomic E-state index is 12.6. The summed E-state index contributed by atoms with van der Waals surface area (Å²) in [6.07, 6.45) is 5.15. The highest BCUT2D eigenvalue weighted by atomic mass is 16.2. The van der Waals surface area contributed by atoms with Crippen LogP contribution in [0.15, 0.2) is 48.7 Å². The van der Waals surface area contributed by atoms with E-state index in [-0.39, 0.29) is 0 Å². The third-order valence-electron chi connectivity index (χ3n) is 5.83. The Balaban J connectivity index is 1.44. The highest BCUT2D eigenvalue weighted by Gasteiger charge is 2.39. The first-order chi connectivity index (χ1) is 13.2.